The molecule has 0 saturated carbocycles. The smallest absolute Gasteiger partial charge is 0.251 e. The predicted octanol–water partition coefficient (Wildman–Crippen LogP) is 1.53. The van der Waals surface area contributed by atoms with Gasteiger partial charge >= 0.3 is 0 Å². The highest BCUT2D eigenvalue weighted by Gasteiger charge is 2.17. The molecule has 1 fully saturated rings. The van der Waals surface area contributed by atoms with Crippen molar-refractivity contribution in [1.29, 1.82) is 0 Å². The molecule has 0 radical (unpaired) electrons. The van der Waals surface area contributed by atoms with Gasteiger partial charge in [0.15, 0.2) is 11.5 Å². The van der Waals surface area contributed by atoms with Crippen LogP contribution in [0, 0.1) is 5.92 Å². The van der Waals surface area contributed by atoms with Crippen LogP contribution in [-0.2, 0) is 0 Å². The van der Waals surface area contributed by atoms with E-state index in [0.29, 0.717) is 17.1 Å². The van der Waals surface area contributed by atoms with Gasteiger partial charge in [-0.15, -0.1) is 0 Å². The van der Waals surface area contributed by atoms with Crippen LogP contribution in [0.5, 0.6) is 11.5 Å². The van der Waals surface area contributed by atoms with Crippen molar-refractivity contribution < 1.29 is 14.3 Å². The summed E-state index contributed by atoms with van der Waals surface area (Å²) in [7, 11) is 0. The first-order chi connectivity index (χ1) is 9.83. The molecular weight excluding hydrogens is 256 g/mol. The number of hydrogen-bond acceptors (Lipinski definition) is 4. The lowest BCUT2D eigenvalue weighted by Crippen LogP contribution is -2.31. The average molecular weight is 276 g/mol. The Bertz CT molecular complexity index is 484. The maximum atomic E-state index is 12.1. The zero-order valence-corrected chi connectivity index (χ0v) is 11.5. The molecule has 5 heteroatoms. The maximum Gasteiger partial charge on any atom is 0.251 e. The quantitative estimate of drug-likeness (QED) is 0.875. The molecule has 2 aliphatic rings. The zero-order valence-electron chi connectivity index (χ0n) is 11.5. The summed E-state index contributed by atoms with van der Waals surface area (Å²) < 4.78 is 10.5. The standard InChI is InChI=1S/C15H20N2O3/c18-15(17-8-5-11-3-6-16-7-4-11)12-1-2-13-14(9-12)20-10-19-13/h1-2,9,11,16H,3-8,10H2,(H,17,18). The molecular formula is C15H20N2O3. The van der Waals surface area contributed by atoms with E-state index in [1.165, 1.54) is 12.8 Å². The molecule has 2 heterocycles. The summed E-state index contributed by atoms with van der Waals surface area (Å²) in [4.78, 5) is 12.1. The second-order valence-corrected chi connectivity index (χ2v) is 5.31. The van der Waals surface area contributed by atoms with Crippen molar-refractivity contribution in [1.82, 2.24) is 10.6 Å². The highest BCUT2D eigenvalue weighted by Crippen LogP contribution is 2.32. The predicted molar refractivity (Wildman–Crippen MR) is 75.1 cm³/mol. The summed E-state index contributed by atoms with van der Waals surface area (Å²) in [5.41, 5.74) is 0.625. The molecule has 0 bridgehead atoms. The zero-order chi connectivity index (χ0) is 13.8. The van der Waals surface area contributed by atoms with Crippen LogP contribution in [0.2, 0.25) is 0 Å². The highest BCUT2D eigenvalue weighted by molar-refractivity contribution is 5.94. The van der Waals surface area contributed by atoms with Gasteiger partial charge in [0.25, 0.3) is 5.91 Å². The topological polar surface area (TPSA) is 59.6 Å². The molecule has 0 atom stereocenters. The van der Waals surface area contributed by atoms with Gasteiger partial charge in [-0.2, -0.15) is 0 Å². The molecule has 1 saturated heterocycles. The van der Waals surface area contributed by atoms with Crippen molar-refractivity contribution in [2.45, 2.75) is 19.3 Å². The Labute approximate surface area is 118 Å². The summed E-state index contributed by atoms with van der Waals surface area (Å²) in [5.74, 6) is 2.04. The Hall–Kier alpha value is -1.75. The van der Waals surface area contributed by atoms with Crippen LogP contribution in [0.1, 0.15) is 29.6 Å². The SMILES string of the molecule is O=C(NCCC1CCNCC1)c1ccc2c(c1)OCO2. The summed E-state index contributed by atoms with van der Waals surface area (Å²) >= 11 is 0. The molecule has 108 valence electrons. The number of rotatable bonds is 4. The molecule has 1 aromatic carbocycles. The first kappa shape index (κ1) is 13.2. The van der Waals surface area contributed by atoms with E-state index in [0.717, 1.165) is 32.0 Å². The number of piperidine rings is 1. The summed E-state index contributed by atoms with van der Waals surface area (Å²) in [6.07, 6.45) is 3.47. The number of carbonyl (C=O) groups is 1. The maximum absolute atomic E-state index is 12.1. The number of nitrogens with one attached hydrogen (secondary N) is 2. The van der Waals surface area contributed by atoms with Gasteiger partial charge in [-0.3, -0.25) is 4.79 Å². The third-order valence-electron chi connectivity index (χ3n) is 3.93. The lowest BCUT2D eigenvalue weighted by Gasteiger charge is -2.22. The van der Waals surface area contributed by atoms with Crippen LogP contribution in [-0.4, -0.2) is 32.3 Å². The van der Waals surface area contributed by atoms with Crippen molar-refractivity contribution in [2.75, 3.05) is 26.4 Å². The molecule has 2 aliphatic heterocycles. The van der Waals surface area contributed by atoms with Gasteiger partial charge in [0.05, 0.1) is 0 Å². The van der Waals surface area contributed by atoms with Crippen molar-refractivity contribution in [2.24, 2.45) is 5.92 Å². The third-order valence-corrected chi connectivity index (χ3v) is 3.93. The van der Waals surface area contributed by atoms with Crippen LogP contribution in [0.15, 0.2) is 18.2 Å². The molecule has 0 aliphatic carbocycles. The Morgan fingerprint density at radius 1 is 1.25 bits per heavy atom. The van der Waals surface area contributed by atoms with Crippen LogP contribution in [0.4, 0.5) is 0 Å². The van der Waals surface area contributed by atoms with Crippen LogP contribution < -0.4 is 20.1 Å². The molecule has 0 aromatic heterocycles. The fraction of sp³-hybridized carbons (Fsp3) is 0.533. The van der Waals surface area contributed by atoms with E-state index < -0.39 is 0 Å². The molecule has 0 unspecified atom stereocenters. The minimum atomic E-state index is -0.0442. The van der Waals surface area contributed by atoms with E-state index in [1.807, 2.05) is 0 Å². The van der Waals surface area contributed by atoms with E-state index >= 15 is 0 Å². The number of ether oxygens (including phenoxy) is 2. The number of amides is 1. The van der Waals surface area contributed by atoms with Gasteiger partial charge in [0.2, 0.25) is 6.79 Å². The van der Waals surface area contributed by atoms with Gasteiger partial charge in [-0.25, -0.2) is 0 Å². The number of hydrogen-bond donors (Lipinski definition) is 2. The molecule has 1 aromatic rings. The van der Waals surface area contributed by atoms with E-state index in [4.69, 9.17) is 9.47 Å². The van der Waals surface area contributed by atoms with Gasteiger partial charge in [-0.05, 0) is 56.5 Å². The Balaban J connectivity index is 1.49. The number of benzene rings is 1. The monoisotopic (exact) mass is 276 g/mol. The van der Waals surface area contributed by atoms with Gasteiger partial charge in [0, 0.05) is 12.1 Å². The summed E-state index contributed by atoms with van der Waals surface area (Å²) in [6, 6.07) is 5.29. The first-order valence-corrected chi connectivity index (χ1v) is 7.21. The lowest BCUT2D eigenvalue weighted by molar-refractivity contribution is 0.0950. The normalized spacial score (nSPS) is 18.0. The van der Waals surface area contributed by atoms with Crippen molar-refractivity contribution >= 4 is 5.91 Å². The minimum absolute atomic E-state index is 0.0442. The minimum Gasteiger partial charge on any atom is -0.454 e. The van der Waals surface area contributed by atoms with Gasteiger partial charge in [0.1, 0.15) is 0 Å². The second kappa shape index (κ2) is 6.13. The fourth-order valence-electron chi connectivity index (χ4n) is 2.70. The van der Waals surface area contributed by atoms with E-state index in [9.17, 15) is 4.79 Å². The Morgan fingerprint density at radius 3 is 2.90 bits per heavy atom. The first-order valence-electron chi connectivity index (χ1n) is 7.21. The van der Waals surface area contributed by atoms with Gasteiger partial charge < -0.3 is 20.1 Å². The second-order valence-electron chi connectivity index (χ2n) is 5.31. The van der Waals surface area contributed by atoms with Gasteiger partial charge in [-0.1, -0.05) is 0 Å². The fourth-order valence-corrected chi connectivity index (χ4v) is 2.70. The lowest BCUT2D eigenvalue weighted by atomic mass is 9.95. The van der Waals surface area contributed by atoms with E-state index in [1.54, 1.807) is 18.2 Å². The Morgan fingerprint density at radius 2 is 2.05 bits per heavy atom. The average Bonchev–Trinajstić information content (AvgIpc) is 2.95. The largest absolute Gasteiger partial charge is 0.454 e. The molecule has 1 amide bonds. The van der Waals surface area contributed by atoms with E-state index in [2.05, 4.69) is 10.6 Å². The molecule has 2 N–H and O–H groups in total. The van der Waals surface area contributed by atoms with Crippen LogP contribution in [0.25, 0.3) is 0 Å². The van der Waals surface area contributed by atoms with Crippen LogP contribution in [0.3, 0.4) is 0 Å². The molecule has 5 nitrogen and oxygen atoms in total. The third kappa shape index (κ3) is 3.04. The van der Waals surface area contributed by atoms with E-state index in [-0.39, 0.29) is 12.7 Å². The van der Waals surface area contributed by atoms with Crippen molar-refractivity contribution in [3.05, 3.63) is 23.8 Å². The molecule has 3 rings (SSSR count). The van der Waals surface area contributed by atoms with Crippen LogP contribution >= 0.6 is 0 Å². The highest BCUT2D eigenvalue weighted by atomic mass is 16.7. The molecule has 20 heavy (non-hydrogen) atoms. The summed E-state index contributed by atoms with van der Waals surface area (Å²) in [6.45, 7) is 3.16. The van der Waals surface area contributed by atoms with Crippen molar-refractivity contribution in [3.63, 3.8) is 0 Å². The summed E-state index contributed by atoms with van der Waals surface area (Å²) in [5, 5.41) is 6.33. The Kier molecular flexibility index (Phi) is 4.06. The number of fused-ring (bicyclic) bond motifs is 1. The molecule has 0 spiro atoms. The van der Waals surface area contributed by atoms with Crippen molar-refractivity contribution in [3.8, 4) is 11.5 Å². The number of carbonyl (C=O) groups excluding carboxylic acids is 1.